The van der Waals surface area contributed by atoms with Crippen LogP contribution in [0.4, 0.5) is 10.8 Å². The Hall–Kier alpha value is -2.81. The molecule has 1 aromatic carbocycles. The van der Waals surface area contributed by atoms with Crippen LogP contribution in [0.25, 0.3) is 0 Å². The third kappa shape index (κ3) is 3.87. The predicted molar refractivity (Wildman–Crippen MR) is 110 cm³/mol. The molecule has 0 spiro atoms. The fourth-order valence-corrected chi connectivity index (χ4v) is 4.78. The average Bonchev–Trinajstić information content (AvgIpc) is 3.32. The zero-order valence-electron chi connectivity index (χ0n) is 16.4. The van der Waals surface area contributed by atoms with Gasteiger partial charge in [0.15, 0.2) is 0 Å². The van der Waals surface area contributed by atoms with Gasteiger partial charge in [-0.2, -0.15) is 0 Å². The minimum atomic E-state index is -0.512. The lowest BCUT2D eigenvalue weighted by Crippen LogP contribution is -2.47. The first-order chi connectivity index (χ1) is 13.9. The van der Waals surface area contributed by atoms with Crippen LogP contribution in [-0.2, 0) is 16.0 Å². The molecule has 1 aromatic heterocycles. The summed E-state index contributed by atoms with van der Waals surface area (Å²) in [6.45, 7) is 4.57. The number of amides is 3. The van der Waals surface area contributed by atoms with Gasteiger partial charge in [0, 0.05) is 13.0 Å². The van der Waals surface area contributed by atoms with E-state index in [2.05, 4.69) is 29.4 Å². The third-order valence-electron chi connectivity index (χ3n) is 5.09. The number of para-hydroxylation sites is 1. The summed E-state index contributed by atoms with van der Waals surface area (Å²) >= 11 is 1.34. The largest absolute Gasteiger partial charge is 0.327 e. The number of nitrogens with one attached hydrogen (secondary N) is 1. The summed E-state index contributed by atoms with van der Waals surface area (Å²) in [6, 6.07) is 6.45. The van der Waals surface area contributed by atoms with E-state index in [0.717, 1.165) is 17.8 Å². The lowest BCUT2D eigenvalue weighted by molar-refractivity contribution is -0.124. The van der Waals surface area contributed by atoms with Crippen molar-refractivity contribution in [2.75, 3.05) is 23.3 Å². The maximum atomic E-state index is 13.2. The predicted octanol–water partition coefficient (Wildman–Crippen LogP) is 2.33. The topological polar surface area (TPSA) is 95.5 Å². The Morgan fingerprint density at radius 1 is 1.28 bits per heavy atom. The van der Waals surface area contributed by atoms with E-state index in [9.17, 15) is 14.4 Å². The fourth-order valence-electron chi connectivity index (χ4n) is 3.81. The molecular formula is C20H23N5O3S. The number of anilines is 2. The molecule has 8 nitrogen and oxygen atoms in total. The van der Waals surface area contributed by atoms with Crippen molar-refractivity contribution >= 4 is 39.9 Å². The van der Waals surface area contributed by atoms with Crippen molar-refractivity contribution in [2.24, 2.45) is 5.92 Å². The Kier molecular flexibility index (Phi) is 5.31. The fraction of sp³-hybridized carbons (Fsp3) is 0.450. The van der Waals surface area contributed by atoms with Crippen molar-refractivity contribution in [1.82, 2.24) is 15.1 Å². The van der Waals surface area contributed by atoms with Crippen molar-refractivity contribution in [3.8, 4) is 0 Å². The smallest absolute Gasteiger partial charge is 0.256 e. The Balaban J connectivity index is 1.55. The molecule has 1 N–H and O–H groups in total. The van der Waals surface area contributed by atoms with Crippen LogP contribution in [0.15, 0.2) is 24.3 Å². The summed E-state index contributed by atoms with van der Waals surface area (Å²) in [5, 5.41) is 12.1. The zero-order valence-corrected chi connectivity index (χ0v) is 17.2. The summed E-state index contributed by atoms with van der Waals surface area (Å²) in [5.41, 5.74) is 0.929. The van der Waals surface area contributed by atoms with Crippen LogP contribution in [0.3, 0.4) is 0 Å². The first kappa shape index (κ1) is 19.5. The van der Waals surface area contributed by atoms with Crippen molar-refractivity contribution < 1.29 is 14.4 Å². The molecule has 152 valence electrons. The Labute approximate surface area is 172 Å². The molecule has 2 aliphatic rings. The van der Waals surface area contributed by atoms with E-state index in [1.807, 2.05) is 0 Å². The van der Waals surface area contributed by atoms with Crippen molar-refractivity contribution in [2.45, 2.75) is 39.2 Å². The number of rotatable bonds is 5. The number of carbonyl (C=O) groups excluding carboxylic acids is 3. The Morgan fingerprint density at radius 3 is 2.86 bits per heavy atom. The summed E-state index contributed by atoms with van der Waals surface area (Å²) in [7, 11) is 0. The summed E-state index contributed by atoms with van der Waals surface area (Å²) in [4.78, 5) is 41.8. The van der Waals surface area contributed by atoms with Crippen LogP contribution < -0.4 is 10.2 Å². The molecule has 3 heterocycles. The molecule has 0 saturated carbocycles. The van der Waals surface area contributed by atoms with Gasteiger partial charge in [-0.05, 0) is 30.9 Å². The molecule has 1 fully saturated rings. The van der Waals surface area contributed by atoms with Gasteiger partial charge in [0.1, 0.15) is 17.6 Å². The highest BCUT2D eigenvalue weighted by Gasteiger charge is 2.42. The maximum absolute atomic E-state index is 13.2. The summed E-state index contributed by atoms with van der Waals surface area (Å²) in [6.07, 6.45) is 2.20. The Morgan fingerprint density at radius 2 is 2.07 bits per heavy atom. The second kappa shape index (κ2) is 7.90. The number of fused-ring (bicyclic) bond motifs is 2. The van der Waals surface area contributed by atoms with Crippen LogP contribution in [0.1, 0.15) is 42.1 Å². The molecule has 9 heteroatoms. The van der Waals surface area contributed by atoms with E-state index in [1.165, 1.54) is 16.2 Å². The molecule has 4 rings (SSSR count). The number of benzene rings is 1. The standard InChI is InChI=1S/C20H23N5O3S/c1-12(2)10-17-22-23-20(29-17)21-16(26)11-25-14-7-4-3-6-13(14)18(27)24-9-5-8-15(24)19(25)28/h3-4,6-7,12,15H,5,8-11H2,1-2H3,(H,21,23,26)/t15-/m0/s1. The second-order valence-corrected chi connectivity index (χ2v) is 8.81. The van der Waals surface area contributed by atoms with Crippen molar-refractivity contribution in [3.05, 3.63) is 34.8 Å². The van der Waals surface area contributed by atoms with Gasteiger partial charge >= 0.3 is 0 Å². The van der Waals surface area contributed by atoms with Crippen LogP contribution in [0, 0.1) is 5.92 Å². The highest BCUT2D eigenvalue weighted by Crippen LogP contribution is 2.32. The normalized spacial score (nSPS) is 18.7. The van der Waals surface area contributed by atoms with E-state index < -0.39 is 6.04 Å². The number of aromatic nitrogens is 2. The van der Waals surface area contributed by atoms with Gasteiger partial charge in [-0.1, -0.05) is 37.3 Å². The highest BCUT2D eigenvalue weighted by atomic mass is 32.1. The lowest BCUT2D eigenvalue weighted by atomic mass is 10.1. The lowest BCUT2D eigenvalue weighted by Gasteiger charge is -2.25. The molecule has 1 saturated heterocycles. The van der Waals surface area contributed by atoms with Crippen LogP contribution in [0.2, 0.25) is 0 Å². The van der Waals surface area contributed by atoms with Gasteiger partial charge < -0.3 is 9.80 Å². The quantitative estimate of drug-likeness (QED) is 0.812. The van der Waals surface area contributed by atoms with Gasteiger partial charge in [0.05, 0.1) is 11.3 Å². The minimum Gasteiger partial charge on any atom is -0.327 e. The number of hydrogen-bond donors (Lipinski definition) is 1. The first-order valence-corrected chi connectivity index (χ1v) is 10.6. The monoisotopic (exact) mass is 413 g/mol. The maximum Gasteiger partial charge on any atom is 0.256 e. The molecular weight excluding hydrogens is 390 g/mol. The molecule has 2 aromatic rings. The van der Waals surface area contributed by atoms with Crippen LogP contribution >= 0.6 is 11.3 Å². The second-order valence-electron chi connectivity index (χ2n) is 7.75. The van der Waals surface area contributed by atoms with Crippen molar-refractivity contribution in [3.63, 3.8) is 0 Å². The number of carbonyl (C=O) groups is 3. The summed E-state index contributed by atoms with van der Waals surface area (Å²) in [5.74, 6) is -0.278. The molecule has 3 amide bonds. The van der Waals surface area contributed by atoms with E-state index in [-0.39, 0.29) is 24.3 Å². The van der Waals surface area contributed by atoms with Gasteiger partial charge in [0.25, 0.3) is 5.91 Å². The van der Waals surface area contributed by atoms with E-state index in [1.54, 1.807) is 29.2 Å². The van der Waals surface area contributed by atoms with Gasteiger partial charge in [-0.25, -0.2) is 0 Å². The molecule has 2 aliphatic heterocycles. The SMILES string of the molecule is CC(C)Cc1nnc(NC(=O)CN2C(=O)[C@@H]3CCCN3C(=O)c3ccccc32)s1. The first-order valence-electron chi connectivity index (χ1n) is 9.77. The zero-order chi connectivity index (χ0) is 20.5. The number of hydrogen-bond acceptors (Lipinski definition) is 6. The molecule has 0 aliphatic carbocycles. The molecule has 29 heavy (non-hydrogen) atoms. The van der Waals surface area contributed by atoms with E-state index in [0.29, 0.717) is 35.3 Å². The average molecular weight is 414 g/mol. The van der Waals surface area contributed by atoms with E-state index >= 15 is 0 Å². The van der Waals surface area contributed by atoms with Gasteiger partial charge in [-0.3, -0.25) is 19.7 Å². The minimum absolute atomic E-state index is 0.151. The third-order valence-corrected chi connectivity index (χ3v) is 5.95. The highest BCUT2D eigenvalue weighted by molar-refractivity contribution is 7.15. The Bertz CT molecular complexity index is 957. The molecule has 0 bridgehead atoms. The molecule has 1 atom stereocenters. The van der Waals surface area contributed by atoms with Crippen LogP contribution in [0.5, 0.6) is 0 Å². The van der Waals surface area contributed by atoms with Gasteiger partial charge in [0.2, 0.25) is 16.9 Å². The molecule has 0 unspecified atom stereocenters. The summed E-state index contributed by atoms with van der Waals surface area (Å²) < 4.78 is 0. The van der Waals surface area contributed by atoms with Gasteiger partial charge in [-0.15, -0.1) is 10.2 Å². The number of nitrogens with zero attached hydrogens (tertiary/aromatic N) is 4. The van der Waals surface area contributed by atoms with E-state index in [4.69, 9.17) is 0 Å². The molecule has 0 radical (unpaired) electrons. The van der Waals surface area contributed by atoms with Crippen LogP contribution in [-0.4, -0.2) is 52.0 Å². The van der Waals surface area contributed by atoms with Crippen molar-refractivity contribution in [1.29, 1.82) is 0 Å².